The molecule has 2 aromatic rings. The normalized spacial score (nSPS) is 18.0. The fraction of sp³-hybridized carbons (Fsp3) is 0.480. The number of nitriles is 1. The minimum atomic E-state index is -0.403. The van der Waals surface area contributed by atoms with Gasteiger partial charge in [-0.2, -0.15) is 5.26 Å². The number of methoxy groups -OCH3 is 1. The molecule has 0 spiro atoms. The van der Waals surface area contributed by atoms with Crippen LogP contribution in [0.1, 0.15) is 63.4 Å². The monoisotopic (exact) mass is 467 g/mol. The highest BCUT2D eigenvalue weighted by molar-refractivity contribution is 7.15. The summed E-state index contributed by atoms with van der Waals surface area (Å²) in [5.74, 6) is -0.722. The van der Waals surface area contributed by atoms with Gasteiger partial charge < -0.3 is 19.4 Å². The molecular weight excluding hydrogens is 438 g/mol. The van der Waals surface area contributed by atoms with E-state index in [0.29, 0.717) is 18.7 Å². The second-order valence-corrected chi connectivity index (χ2v) is 9.64. The van der Waals surface area contributed by atoms with Gasteiger partial charge in [0.2, 0.25) is 0 Å². The van der Waals surface area contributed by atoms with Crippen LogP contribution in [0, 0.1) is 25.2 Å². The first-order valence-corrected chi connectivity index (χ1v) is 12.2. The Morgan fingerprint density at radius 1 is 1.33 bits per heavy atom. The van der Waals surface area contributed by atoms with E-state index in [9.17, 15) is 14.9 Å². The van der Waals surface area contributed by atoms with E-state index in [1.807, 2.05) is 30.6 Å². The molecule has 7 nitrogen and oxygen atoms in total. The summed E-state index contributed by atoms with van der Waals surface area (Å²) in [6.07, 6.45) is 7.59. The molecule has 0 bridgehead atoms. The highest BCUT2D eigenvalue weighted by atomic mass is 32.1. The summed E-state index contributed by atoms with van der Waals surface area (Å²) in [5, 5.41) is 13.3. The third-order valence-corrected chi connectivity index (χ3v) is 7.67. The van der Waals surface area contributed by atoms with Crippen molar-refractivity contribution in [3.05, 3.63) is 44.6 Å². The van der Waals surface area contributed by atoms with Crippen molar-refractivity contribution in [3.8, 4) is 11.1 Å². The maximum absolute atomic E-state index is 12.7. The number of carbonyl (C=O) groups is 2. The van der Waals surface area contributed by atoms with E-state index in [-0.39, 0.29) is 17.6 Å². The molecule has 8 heteroatoms. The zero-order valence-corrected chi connectivity index (χ0v) is 20.1. The fourth-order valence-corrected chi connectivity index (χ4v) is 6.17. The Morgan fingerprint density at radius 2 is 2.12 bits per heavy atom. The molecule has 1 aliphatic heterocycles. The summed E-state index contributed by atoms with van der Waals surface area (Å²) >= 11 is 1.64. The van der Waals surface area contributed by atoms with Crippen molar-refractivity contribution >= 4 is 29.3 Å². The minimum Gasteiger partial charge on any atom is -0.465 e. The molecule has 0 saturated carbocycles. The summed E-state index contributed by atoms with van der Waals surface area (Å²) in [6.45, 7) is 5.03. The number of nitrogens with one attached hydrogen (secondary N) is 1. The number of nitrogens with zero attached hydrogens (tertiary/aromatic N) is 2. The van der Waals surface area contributed by atoms with Crippen LogP contribution in [0.5, 0.6) is 0 Å². The number of carbonyl (C=O) groups excluding carboxylic acids is 2. The minimum absolute atomic E-state index is 0.0144. The van der Waals surface area contributed by atoms with Crippen molar-refractivity contribution in [2.75, 3.05) is 20.3 Å². The molecule has 1 atom stereocenters. The number of thiophene rings is 1. The first-order valence-electron chi connectivity index (χ1n) is 11.4. The SMILES string of the molecule is COC(=O)c1c(-n2c(C)cc(/C=C(\C#N)C(=O)NC[C@H]3CCCO3)c2C)sc2c1CCCC2. The molecule has 1 fully saturated rings. The molecule has 1 aliphatic carbocycles. The van der Waals surface area contributed by atoms with Crippen LogP contribution in [0.25, 0.3) is 11.1 Å². The third-order valence-electron chi connectivity index (χ3n) is 6.39. The van der Waals surface area contributed by atoms with Crippen molar-refractivity contribution in [2.45, 2.75) is 58.5 Å². The van der Waals surface area contributed by atoms with Gasteiger partial charge >= 0.3 is 5.97 Å². The lowest BCUT2D eigenvalue weighted by Crippen LogP contribution is -2.32. The number of esters is 1. The van der Waals surface area contributed by atoms with Crippen molar-refractivity contribution in [2.24, 2.45) is 0 Å². The molecule has 4 rings (SSSR count). The number of hydrogen-bond donors (Lipinski definition) is 1. The van der Waals surface area contributed by atoms with Crippen LogP contribution >= 0.6 is 11.3 Å². The summed E-state index contributed by atoms with van der Waals surface area (Å²) in [4.78, 5) is 26.6. The van der Waals surface area contributed by atoms with Crippen LogP contribution in [0.4, 0.5) is 0 Å². The number of rotatable bonds is 6. The maximum atomic E-state index is 12.7. The van der Waals surface area contributed by atoms with Crippen molar-refractivity contribution < 1.29 is 19.1 Å². The van der Waals surface area contributed by atoms with E-state index >= 15 is 0 Å². The Morgan fingerprint density at radius 3 is 2.82 bits per heavy atom. The van der Waals surface area contributed by atoms with E-state index in [1.165, 1.54) is 12.0 Å². The first kappa shape index (κ1) is 23.3. The van der Waals surface area contributed by atoms with E-state index in [1.54, 1.807) is 17.4 Å². The fourth-order valence-electron chi connectivity index (χ4n) is 4.68. The average Bonchev–Trinajstić information content (AvgIpc) is 3.53. The van der Waals surface area contributed by atoms with Crippen molar-refractivity contribution in [1.82, 2.24) is 9.88 Å². The van der Waals surface area contributed by atoms with Gasteiger partial charge in [0.15, 0.2) is 0 Å². The summed E-state index contributed by atoms with van der Waals surface area (Å²) in [5.41, 5.74) is 4.37. The quantitative estimate of drug-likeness (QED) is 0.393. The van der Waals surface area contributed by atoms with E-state index in [2.05, 4.69) is 5.32 Å². The largest absolute Gasteiger partial charge is 0.465 e. The molecule has 0 radical (unpaired) electrons. The smallest absolute Gasteiger partial charge is 0.341 e. The molecule has 2 aromatic heterocycles. The lowest BCUT2D eigenvalue weighted by molar-refractivity contribution is -0.117. The highest BCUT2D eigenvalue weighted by Gasteiger charge is 2.28. The van der Waals surface area contributed by atoms with Gasteiger partial charge in [0, 0.05) is 29.4 Å². The zero-order valence-electron chi connectivity index (χ0n) is 19.3. The van der Waals surface area contributed by atoms with Gasteiger partial charge in [-0.3, -0.25) is 4.79 Å². The van der Waals surface area contributed by atoms with Gasteiger partial charge in [-0.1, -0.05) is 0 Å². The molecule has 1 amide bonds. The molecule has 0 aromatic carbocycles. The summed E-state index contributed by atoms with van der Waals surface area (Å²) in [6, 6.07) is 3.97. The van der Waals surface area contributed by atoms with Crippen molar-refractivity contribution in [3.63, 3.8) is 0 Å². The Labute approximate surface area is 198 Å². The third kappa shape index (κ3) is 4.61. The summed E-state index contributed by atoms with van der Waals surface area (Å²) in [7, 11) is 1.41. The lowest BCUT2D eigenvalue weighted by atomic mass is 9.95. The van der Waals surface area contributed by atoms with Crippen LogP contribution in [0.3, 0.4) is 0 Å². The molecule has 33 heavy (non-hydrogen) atoms. The molecule has 3 heterocycles. The van der Waals surface area contributed by atoms with Crippen molar-refractivity contribution in [1.29, 1.82) is 5.26 Å². The number of amides is 1. The first-order chi connectivity index (χ1) is 15.9. The van der Waals surface area contributed by atoms with Crippen LogP contribution in [-0.2, 0) is 27.1 Å². The number of aromatic nitrogens is 1. The number of ether oxygens (including phenoxy) is 2. The topological polar surface area (TPSA) is 93.4 Å². The molecule has 1 N–H and O–H groups in total. The van der Waals surface area contributed by atoms with Gasteiger partial charge in [-0.05, 0) is 75.6 Å². The van der Waals surface area contributed by atoms with Gasteiger partial charge in [-0.15, -0.1) is 11.3 Å². The number of fused-ring (bicyclic) bond motifs is 1. The van der Waals surface area contributed by atoms with Crippen LogP contribution in [0.15, 0.2) is 11.6 Å². The Kier molecular flexibility index (Phi) is 7.01. The van der Waals surface area contributed by atoms with Gasteiger partial charge in [-0.25, -0.2) is 4.79 Å². The Bertz CT molecular complexity index is 1150. The predicted molar refractivity (Wildman–Crippen MR) is 127 cm³/mol. The standard InChI is InChI=1S/C25H29N3O4S/c1-15-11-17(12-18(13-26)23(29)27-14-19-7-6-10-32-19)16(2)28(15)24-22(25(30)31-3)20-8-4-5-9-21(20)33-24/h11-12,19H,4-10,14H2,1-3H3,(H,27,29)/b18-12+/t19-/m1/s1. The Hall–Kier alpha value is -2.89. The Balaban J connectivity index is 1.67. The average molecular weight is 468 g/mol. The number of hydrogen-bond acceptors (Lipinski definition) is 6. The maximum Gasteiger partial charge on any atom is 0.341 e. The zero-order chi connectivity index (χ0) is 23.5. The van der Waals surface area contributed by atoms with Crippen LogP contribution in [-0.4, -0.2) is 42.8 Å². The lowest BCUT2D eigenvalue weighted by Gasteiger charge is -2.13. The second kappa shape index (κ2) is 9.94. The highest BCUT2D eigenvalue weighted by Crippen LogP contribution is 2.39. The van der Waals surface area contributed by atoms with Crippen LogP contribution < -0.4 is 5.32 Å². The molecular formula is C25H29N3O4S. The van der Waals surface area contributed by atoms with Crippen LogP contribution in [0.2, 0.25) is 0 Å². The molecule has 174 valence electrons. The second-order valence-electron chi connectivity index (χ2n) is 8.56. The summed E-state index contributed by atoms with van der Waals surface area (Å²) < 4.78 is 12.7. The van der Waals surface area contributed by atoms with Gasteiger partial charge in [0.25, 0.3) is 5.91 Å². The van der Waals surface area contributed by atoms with E-state index in [4.69, 9.17) is 9.47 Å². The van der Waals surface area contributed by atoms with E-state index < -0.39 is 5.91 Å². The van der Waals surface area contributed by atoms with Gasteiger partial charge in [0.1, 0.15) is 16.6 Å². The van der Waals surface area contributed by atoms with E-state index in [0.717, 1.165) is 66.0 Å². The molecule has 2 aliphatic rings. The van der Waals surface area contributed by atoms with Gasteiger partial charge in [0.05, 0.1) is 18.8 Å². The molecule has 1 saturated heterocycles. The number of aryl methyl sites for hydroxylation is 2. The predicted octanol–water partition coefficient (Wildman–Crippen LogP) is 4.02. The molecule has 0 unspecified atom stereocenters.